The van der Waals surface area contributed by atoms with Crippen molar-refractivity contribution in [3.63, 3.8) is 0 Å². The Bertz CT molecular complexity index is 1580. The predicted octanol–water partition coefficient (Wildman–Crippen LogP) is 5.81. The molecular formula is C28H24ClFN4O5. The van der Waals surface area contributed by atoms with Crippen LogP contribution in [-0.4, -0.2) is 34.0 Å². The van der Waals surface area contributed by atoms with E-state index in [1.807, 2.05) is 0 Å². The van der Waals surface area contributed by atoms with Crippen LogP contribution in [0.5, 0.6) is 5.75 Å². The average molecular weight is 551 g/mol. The van der Waals surface area contributed by atoms with Crippen molar-refractivity contribution in [1.82, 2.24) is 15.4 Å². The highest BCUT2D eigenvalue weighted by Gasteiger charge is 2.15. The number of Topliss-reactive ketones (excluding diaryl/α,β-unsaturated/α-hetero) is 1. The Balaban J connectivity index is 1.51. The average Bonchev–Trinajstić information content (AvgIpc) is 3.42. The number of fused-ring (bicyclic) bond motifs is 1. The molecule has 0 aliphatic rings. The fourth-order valence-corrected chi connectivity index (χ4v) is 3.98. The number of carbonyl (C=O) groups is 2. The molecule has 2 aromatic heterocycles. The number of nitrogens with one attached hydrogen (secondary N) is 2. The van der Waals surface area contributed by atoms with E-state index >= 15 is 0 Å². The second kappa shape index (κ2) is 12.9. The van der Waals surface area contributed by atoms with E-state index in [0.29, 0.717) is 64.5 Å². The Labute approximate surface area is 228 Å². The maximum Gasteiger partial charge on any atom is 0.243 e. The second-order valence-electron chi connectivity index (χ2n) is 8.48. The van der Waals surface area contributed by atoms with E-state index in [4.69, 9.17) is 26.0 Å². The molecule has 0 saturated carbocycles. The zero-order valence-corrected chi connectivity index (χ0v) is 21.6. The van der Waals surface area contributed by atoms with Crippen LogP contribution in [0, 0.1) is 17.7 Å². The van der Waals surface area contributed by atoms with E-state index in [2.05, 4.69) is 27.1 Å². The van der Waals surface area contributed by atoms with Crippen LogP contribution in [0.25, 0.3) is 22.2 Å². The Morgan fingerprint density at radius 2 is 1.92 bits per heavy atom. The molecule has 0 spiro atoms. The van der Waals surface area contributed by atoms with Crippen molar-refractivity contribution < 1.29 is 28.3 Å². The van der Waals surface area contributed by atoms with Gasteiger partial charge < -0.3 is 14.5 Å². The van der Waals surface area contributed by atoms with Crippen molar-refractivity contribution in [2.75, 3.05) is 12.4 Å². The van der Waals surface area contributed by atoms with Gasteiger partial charge in [-0.25, -0.2) is 19.8 Å². The zero-order valence-electron chi connectivity index (χ0n) is 20.9. The molecule has 39 heavy (non-hydrogen) atoms. The monoisotopic (exact) mass is 550 g/mol. The first-order valence-corrected chi connectivity index (χ1v) is 12.4. The summed E-state index contributed by atoms with van der Waals surface area (Å²) >= 11 is 5.91. The number of hydrogen-bond acceptors (Lipinski definition) is 8. The predicted molar refractivity (Wildman–Crippen MR) is 143 cm³/mol. The number of nitrogens with zero attached hydrogens (tertiary/aromatic N) is 2. The van der Waals surface area contributed by atoms with Gasteiger partial charge in [-0.2, -0.15) is 0 Å². The van der Waals surface area contributed by atoms with Crippen LogP contribution in [0.15, 0.2) is 53.2 Å². The number of ether oxygens (including phenoxy) is 1. The summed E-state index contributed by atoms with van der Waals surface area (Å²) in [5.41, 5.74) is 3.35. The number of hydroxylamine groups is 1. The number of aromatic nitrogens is 2. The van der Waals surface area contributed by atoms with E-state index in [0.717, 1.165) is 0 Å². The first kappa shape index (κ1) is 27.6. The number of anilines is 2. The van der Waals surface area contributed by atoms with Crippen LogP contribution in [0.3, 0.4) is 0 Å². The van der Waals surface area contributed by atoms with Crippen LogP contribution >= 0.6 is 11.6 Å². The van der Waals surface area contributed by atoms with E-state index in [1.54, 1.807) is 35.8 Å². The van der Waals surface area contributed by atoms with Gasteiger partial charge in [0.2, 0.25) is 11.7 Å². The molecule has 0 aliphatic carbocycles. The lowest BCUT2D eigenvalue weighted by Crippen LogP contribution is -2.17. The number of halogens is 2. The van der Waals surface area contributed by atoms with Crippen LogP contribution in [0.1, 0.15) is 37.9 Å². The number of rotatable bonds is 10. The van der Waals surface area contributed by atoms with Gasteiger partial charge in [-0.15, -0.1) is 0 Å². The summed E-state index contributed by atoms with van der Waals surface area (Å²) in [6.45, 7) is 0. The first-order chi connectivity index (χ1) is 18.9. The van der Waals surface area contributed by atoms with Crippen LogP contribution in [0.2, 0.25) is 5.02 Å². The van der Waals surface area contributed by atoms with Gasteiger partial charge in [0.05, 0.1) is 23.2 Å². The third kappa shape index (κ3) is 7.10. The number of amides is 1. The molecule has 3 N–H and O–H groups in total. The standard InChI is InChI=1S/C28H24ClFN4O5/c1-38-26-15-24-20(28(32-16-31-24)33-17-7-11-23(30)22(29)13-17)14-21(26)25-12-10-19(39-25)9-8-18(35)5-3-2-4-6-27(36)34-37/h7,10-16,37H,2-6H2,1H3,(H,34,36)(H,31,32,33). The molecule has 200 valence electrons. The molecule has 4 rings (SSSR count). The molecule has 9 nitrogen and oxygen atoms in total. The van der Waals surface area contributed by atoms with E-state index in [-0.39, 0.29) is 23.6 Å². The largest absolute Gasteiger partial charge is 0.496 e. The minimum atomic E-state index is -0.523. The zero-order chi connectivity index (χ0) is 27.8. The second-order valence-corrected chi connectivity index (χ2v) is 8.89. The van der Waals surface area contributed by atoms with Crippen molar-refractivity contribution >= 4 is 45.7 Å². The van der Waals surface area contributed by atoms with E-state index < -0.39 is 11.7 Å². The highest BCUT2D eigenvalue weighted by atomic mass is 35.5. The molecule has 2 heterocycles. The van der Waals surface area contributed by atoms with Crippen LogP contribution in [-0.2, 0) is 9.59 Å². The maximum atomic E-state index is 13.6. The molecule has 1 amide bonds. The maximum absolute atomic E-state index is 13.6. The summed E-state index contributed by atoms with van der Waals surface area (Å²) in [4.78, 5) is 31.8. The normalized spacial score (nSPS) is 10.6. The van der Waals surface area contributed by atoms with Gasteiger partial charge in [0.15, 0.2) is 5.76 Å². The number of ketones is 1. The van der Waals surface area contributed by atoms with Gasteiger partial charge in [-0.05, 0) is 61.1 Å². The molecule has 0 atom stereocenters. The van der Waals surface area contributed by atoms with Crippen molar-refractivity contribution in [2.24, 2.45) is 0 Å². The number of methoxy groups -OCH3 is 1. The van der Waals surface area contributed by atoms with Crippen molar-refractivity contribution in [1.29, 1.82) is 0 Å². The topological polar surface area (TPSA) is 127 Å². The summed E-state index contributed by atoms with van der Waals surface area (Å²) in [6.07, 6.45) is 3.69. The molecule has 0 aliphatic heterocycles. The number of furan rings is 1. The lowest BCUT2D eigenvalue weighted by atomic mass is 10.1. The Morgan fingerprint density at radius 3 is 2.69 bits per heavy atom. The minimum Gasteiger partial charge on any atom is -0.496 e. The molecule has 0 fully saturated rings. The number of carbonyl (C=O) groups excluding carboxylic acids is 2. The molecule has 4 aromatic rings. The van der Waals surface area contributed by atoms with Gasteiger partial charge in [-0.1, -0.05) is 18.0 Å². The van der Waals surface area contributed by atoms with Crippen molar-refractivity contribution in [3.8, 4) is 28.9 Å². The third-order valence-corrected chi connectivity index (χ3v) is 6.06. The quantitative estimate of drug-likeness (QED) is 0.0977. The van der Waals surface area contributed by atoms with Crippen molar-refractivity contribution in [3.05, 3.63) is 65.4 Å². The molecule has 11 heteroatoms. The molecule has 0 unspecified atom stereocenters. The van der Waals surface area contributed by atoms with Crippen molar-refractivity contribution in [2.45, 2.75) is 32.1 Å². The molecule has 0 radical (unpaired) electrons. The van der Waals surface area contributed by atoms with E-state index in [9.17, 15) is 14.0 Å². The SMILES string of the molecule is COc1cc2ncnc(Nc3ccc(F)c(Cl)c3)c2cc1-c1ccc(C#CC(=O)CCCCCC(=O)NO)o1. The molecule has 0 saturated heterocycles. The van der Waals surface area contributed by atoms with Crippen LogP contribution in [0.4, 0.5) is 15.9 Å². The van der Waals surface area contributed by atoms with Gasteiger partial charge in [0, 0.05) is 30.0 Å². The number of hydrogen-bond donors (Lipinski definition) is 3. The van der Waals surface area contributed by atoms with Gasteiger partial charge in [-0.3, -0.25) is 14.8 Å². The Kier molecular flexibility index (Phi) is 9.10. The summed E-state index contributed by atoms with van der Waals surface area (Å²) in [6, 6.07) is 11.2. The van der Waals surface area contributed by atoms with E-state index in [1.165, 1.54) is 25.6 Å². The fraction of sp³-hybridized carbons (Fsp3) is 0.214. The molecular weight excluding hydrogens is 527 g/mol. The highest BCUT2D eigenvalue weighted by Crippen LogP contribution is 2.37. The molecule has 2 aromatic carbocycles. The fourth-order valence-electron chi connectivity index (χ4n) is 3.80. The first-order valence-electron chi connectivity index (χ1n) is 12.0. The lowest BCUT2D eigenvalue weighted by Gasteiger charge is -2.12. The molecule has 0 bridgehead atoms. The smallest absolute Gasteiger partial charge is 0.243 e. The third-order valence-electron chi connectivity index (χ3n) is 5.77. The van der Waals surface area contributed by atoms with Gasteiger partial charge in [0.1, 0.15) is 29.5 Å². The number of benzene rings is 2. The summed E-state index contributed by atoms with van der Waals surface area (Å²) in [5, 5.41) is 12.3. The summed E-state index contributed by atoms with van der Waals surface area (Å²) < 4.78 is 25.0. The number of unbranched alkanes of at least 4 members (excludes halogenated alkanes) is 2. The summed E-state index contributed by atoms with van der Waals surface area (Å²) in [7, 11) is 1.53. The van der Waals surface area contributed by atoms with Gasteiger partial charge in [0.25, 0.3) is 0 Å². The Hall–Kier alpha value is -4.46. The Morgan fingerprint density at radius 1 is 1.10 bits per heavy atom. The van der Waals surface area contributed by atoms with Gasteiger partial charge >= 0.3 is 0 Å². The lowest BCUT2D eigenvalue weighted by molar-refractivity contribution is -0.129. The summed E-state index contributed by atoms with van der Waals surface area (Å²) in [5.74, 6) is 5.87. The highest BCUT2D eigenvalue weighted by molar-refractivity contribution is 6.31. The minimum absolute atomic E-state index is 0.0180. The van der Waals surface area contributed by atoms with Crippen LogP contribution < -0.4 is 15.5 Å².